The number of amides is 1. The molecular formula is C17H25BrN2O. The number of rotatable bonds is 1. The van der Waals surface area contributed by atoms with Crippen LogP contribution >= 0.6 is 15.9 Å². The molecule has 1 aromatic rings. The van der Waals surface area contributed by atoms with E-state index in [9.17, 15) is 4.79 Å². The van der Waals surface area contributed by atoms with E-state index in [0.29, 0.717) is 6.42 Å². The van der Waals surface area contributed by atoms with Gasteiger partial charge in [-0.15, -0.1) is 0 Å². The molecule has 0 radical (unpaired) electrons. The molecule has 0 bridgehead atoms. The lowest BCUT2D eigenvalue weighted by atomic mass is 9.92. The van der Waals surface area contributed by atoms with Crippen molar-refractivity contribution in [3.05, 3.63) is 33.8 Å². The Labute approximate surface area is 136 Å². The Morgan fingerprint density at radius 3 is 2.57 bits per heavy atom. The van der Waals surface area contributed by atoms with Crippen LogP contribution < -0.4 is 5.73 Å². The summed E-state index contributed by atoms with van der Waals surface area (Å²) in [7, 11) is 0. The molecule has 2 rings (SSSR count). The number of hydrogen-bond donors (Lipinski definition) is 1. The van der Waals surface area contributed by atoms with Crippen LogP contribution in [0.2, 0.25) is 0 Å². The third-order valence-electron chi connectivity index (χ3n) is 4.08. The molecule has 116 valence electrons. The first-order chi connectivity index (χ1) is 9.71. The number of nitrogens with two attached hydrogens (primary N) is 1. The van der Waals surface area contributed by atoms with Crippen molar-refractivity contribution in [3.63, 3.8) is 0 Å². The molecule has 1 heterocycles. The zero-order valence-corrected chi connectivity index (χ0v) is 14.9. The van der Waals surface area contributed by atoms with Gasteiger partial charge in [-0.05, 0) is 57.7 Å². The molecule has 1 aliphatic heterocycles. The molecule has 1 amide bonds. The van der Waals surface area contributed by atoms with Crippen molar-refractivity contribution < 1.29 is 4.79 Å². The molecule has 0 aromatic heterocycles. The molecule has 2 unspecified atom stereocenters. The molecule has 1 fully saturated rings. The second-order valence-electron chi connectivity index (χ2n) is 6.96. The van der Waals surface area contributed by atoms with E-state index in [2.05, 4.69) is 61.8 Å². The normalized spacial score (nSPS) is 24.1. The van der Waals surface area contributed by atoms with Crippen molar-refractivity contribution in [1.29, 1.82) is 0 Å². The number of hydrogen-bond acceptors (Lipinski definition) is 2. The van der Waals surface area contributed by atoms with Crippen LogP contribution in [0.25, 0.3) is 0 Å². The smallest absolute Gasteiger partial charge is 0.223 e. The van der Waals surface area contributed by atoms with Gasteiger partial charge in [0, 0.05) is 22.5 Å². The van der Waals surface area contributed by atoms with Gasteiger partial charge in [0.1, 0.15) is 0 Å². The minimum absolute atomic E-state index is 0.0327. The average molecular weight is 353 g/mol. The van der Waals surface area contributed by atoms with E-state index in [1.165, 1.54) is 5.56 Å². The summed E-state index contributed by atoms with van der Waals surface area (Å²) in [4.78, 5) is 14.6. The van der Waals surface area contributed by atoms with E-state index in [1.807, 2.05) is 4.90 Å². The topological polar surface area (TPSA) is 46.3 Å². The summed E-state index contributed by atoms with van der Waals surface area (Å²) in [6, 6.07) is 6.17. The molecule has 3 nitrogen and oxygen atoms in total. The molecule has 21 heavy (non-hydrogen) atoms. The third-order valence-corrected chi connectivity index (χ3v) is 4.76. The quantitative estimate of drug-likeness (QED) is 0.831. The minimum atomic E-state index is -0.242. The Kier molecular flexibility index (Phi) is 4.79. The van der Waals surface area contributed by atoms with Crippen molar-refractivity contribution in [2.75, 3.05) is 0 Å². The standard InChI is InChI=1S/C17H25BrN2O/c1-11-8-9-12(13(18)10-11)16-14(19)6-5-7-15(21)20(16)17(2,3)4/h8-10,14,16H,5-7,19H2,1-4H3. The largest absolute Gasteiger partial charge is 0.329 e. The fourth-order valence-electron chi connectivity index (χ4n) is 3.15. The highest BCUT2D eigenvalue weighted by atomic mass is 79.9. The number of nitrogens with zero attached hydrogens (tertiary/aromatic N) is 1. The van der Waals surface area contributed by atoms with Gasteiger partial charge in [-0.3, -0.25) is 4.79 Å². The maximum absolute atomic E-state index is 12.6. The molecular weight excluding hydrogens is 328 g/mol. The molecule has 1 aromatic carbocycles. The minimum Gasteiger partial charge on any atom is -0.329 e. The van der Waals surface area contributed by atoms with Crippen molar-refractivity contribution in [1.82, 2.24) is 4.90 Å². The highest BCUT2D eigenvalue weighted by Gasteiger charge is 2.39. The number of aryl methyl sites for hydroxylation is 1. The van der Waals surface area contributed by atoms with E-state index in [4.69, 9.17) is 5.73 Å². The molecule has 0 aliphatic carbocycles. The van der Waals surface area contributed by atoms with E-state index in [-0.39, 0.29) is 23.5 Å². The zero-order chi connectivity index (χ0) is 15.8. The van der Waals surface area contributed by atoms with E-state index in [0.717, 1.165) is 22.9 Å². The Morgan fingerprint density at radius 1 is 1.33 bits per heavy atom. The summed E-state index contributed by atoms with van der Waals surface area (Å²) in [5, 5.41) is 0. The number of halogens is 1. The van der Waals surface area contributed by atoms with Crippen LogP contribution in [0.5, 0.6) is 0 Å². The molecule has 1 aliphatic rings. The molecule has 2 atom stereocenters. The number of carbonyl (C=O) groups is 1. The van der Waals surface area contributed by atoms with Gasteiger partial charge in [0.2, 0.25) is 5.91 Å². The van der Waals surface area contributed by atoms with Gasteiger partial charge >= 0.3 is 0 Å². The predicted octanol–water partition coefficient (Wildman–Crippen LogP) is 3.94. The SMILES string of the molecule is Cc1ccc(C2C(N)CCCC(=O)N2C(C)(C)C)c(Br)c1. The van der Waals surface area contributed by atoms with Crippen LogP contribution in [0.3, 0.4) is 0 Å². The second-order valence-corrected chi connectivity index (χ2v) is 7.81. The molecule has 0 saturated carbocycles. The van der Waals surface area contributed by atoms with Gasteiger partial charge in [-0.2, -0.15) is 0 Å². The van der Waals surface area contributed by atoms with Gasteiger partial charge in [0.15, 0.2) is 0 Å². The average Bonchev–Trinajstić information content (AvgIpc) is 2.48. The first kappa shape index (κ1) is 16.5. The lowest BCUT2D eigenvalue weighted by molar-refractivity contribution is -0.139. The van der Waals surface area contributed by atoms with E-state index < -0.39 is 0 Å². The van der Waals surface area contributed by atoms with Crippen molar-refractivity contribution in [2.24, 2.45) is 5.73 Å². The van der Waals surface area contributed by atoms with Crippen molar-refractivity contribution in [2.45, 2.75) is 64.6 Å². The van der Waals surface area contributed by atoms with Gasteiger partial charge in [-0.1, -0.05) is 28.1 Å². The fourth-order valence-corrected chi connectivity index (χ4v) is 3.87. The first-order valence-electron chi connectivity index (χ1n) is 7.55. The second kappa shape index (κ2) is 6.09. The van der Waals surface area contributed by atoms with E-state index in [1.54, 1.807) is 0 Å². The molecule has 2 N–H and O–H groups in total. The Bertz CT molecular complexity index is 536. The summed E-state index contributed by atoms with van der Waals surface area (Å²) in [6.07, 6.45) is 2.33. The van der Waals surface area contributed by atoms with Crippen molar-refractivity contribution >= 4 is 21.8 Å². The highest BCUT2D eigenvalue weighted by Crippen LogP contribution is 2.38. The zero-order valence-electron chi connectivity index (χ0n) is 13.3. The monoisotopic (exact) mass is 352 g/mol. The summed E-state index contributed by atoms with van der Waals surface area (Å²) in [5.74, 6) is 0.202. The Balaban J connectivity index is 2.54. The summed E-state index contributed by atoms with van der Waals surface area (Å²) >= 11 is 3.66. The van der Waals surface area contributed by atoms with Gasteiger partial charge in [-0.25, -0.2) is 0 Å². The number of carbonyl (C=O) groups excluding carboxylic acids is 1. The van der Waals surface area contributed by atoms with Crippen LogP contribution in [0.15, 0.2) is 22.7 Å². The van der Waals surface area contributed by atoms with Crippen LogP contribution in [-0.4, -0.2) is 22.4 Å². The lowest BCUT2D eigenvalue weighted by Gasteiger charge is -2.43. The van der Waals surface area contributed by atoms with Crippen LogP contribution in [-0.2, 0) is 4.79 Å². The van der Waals surface area contributed by atoms with Crippen LogP contribution in [0.4, 0.5) is 0 Å². The van der Waals surface area contributed by atoms with Gasteiger partial charge < -0.3 is 10.6 Å². The Hall–Kier alpha value is -0.870. The molecule has 1 saturated heterocycles. The fraction of sp³-hybridized carbons (Fsp3) is 0.588. The van der Waals surface area contributed by atoms with Gasteiger partial charge in [0.25, 0.3) is 0 Å². The maximum Gasteiger partial charge on any atom is 0.223 e. The summed E-state index contributed by atoms with van der Waals surface area (Å²) in [6.45, 7) is 8.31. The lowest BCUT2D eigenvalue weighted by Crippen LogP contribution is -2.51. The maximum atomic E-state index is 12.6. The first-order valence-corrected chi connectivity index (χ1v) is 8.35. The Morgan fingerprint density at radius 2 is 2.00 bits per heavy atom. The van der Waals surface area contributed by atoms with Gasteiger partial charge in [0.05, 0.1) is 6.04 Å². The summed E-state index contributed by atoms with van der Waals surface area (Å²) < 4.78 is 1.03. The number of benzene rings is 1. The highest BCUT2D eigenvalue weighted by molar-refractivity contribution is 9.10. The third kappa shape index (κ3) is 3.49. The van der Waals surface area contributed by atoms with Crippen molar-refractivity contribution in [3.8, 4) is 0 Å². The number of likely N-dealkylation sites (tertiary alicyclic amines) is 1. The van der Waals surface area contributed by atoms with E-state index >= 15 is 0 Å². The molecule has 4 heteroatoms. The molecule has 0 spiro atoms. The van der Waals surface area contributed by atoms with Crippen LogP contribution in [0.1, 0.15) is 57.2 Å². The van der Waals surface area contributed by atoms with Crippen LogP contribution in [0, 0.1) is 6.92 Å². The predicted molar refractivity (Wildman–Crippen MR) is 90.0 cm³/mol. The summed E-state index contributed by atoms with van der Waals surface area (Å²) in [5.41, 5.74) is 8.52.